The summed E-state index contributed by atoms with van der Waals surface area (Å²) in [5.74, 6) is 1.17. The van der Waals surface area contributed by atoms with E-state index < -0.39 is 0 Å². The van der Waals surface area contributed by atoms with E-state index in [2.05, 4.69) is 0 Å². The van der Waals surface area contributed by atoms with E-state index in [1.807, 2.05) is 13.0 Å². The number of hydrogen-bond donors (Lipinski definition) is 1. The van der Waals surface area contributed by atoms with Crippen molar-refractivity contribution in [3.8, 4) is 5.75 Å². The molecule has 0 atom stereocenters. The van der Waals surface area contributed by atoms with Gasteiger partial charge in [-0.25, -0.2) is 0 Å². The van der Waals surface area contributed by atoms with Crippen LogP contribution in [0.25, 0.3) is 10.8 Å². The zero-order chi connectivity index (χ0) is 7.84. The van der Waals surface area contributed by atoms with E-state index in [0.29, 0.717) is 0 Å². The zero-order valence-corrected chi connectivity index (χ0v) is 6.16. The Hall–Kier alpha value is -1.44. The van der Waals surface area contributed by atoms with Gasteiger partial charge in [0.15, 0.2) is 0 Å². The summed E-state index contributed by atoms with van der Waals surface area (Å²) in [5, 5.41) is 11.1. The fourth-order valence-electron chi connectivity index (χ4n) is 1.18. The van der Waals surface area contributed by atoms with Crippen molar-refractivity contribution in [2.45, 2.75) is 6.92 Å². The van der Waals surface area contributed by atoms with Gasteiger partial charge in [0, 0.05) is 10.8 Å². The van der Waals surface area contributed by atoms with E-state index >= 15 is 0 Å². The maximum Gasteiger partial charge on any atom is 0.116 e. The molecule has 0 aliphatic rings. The Kier molecular flexibility index (Phi) is 1.15. The predicted molar refractivity (Wildman–Crippen MR) is 42.6 cm³/mol. The molecule has 2 nitrogen and oxygen atoms in total. The Morgan fingerprint density at radius 3 is 3.00 bits per heavy atom. The average molecular weight is 148 g/mol. The monoisotopic (exact) mass is 148 g/mol. The van der Waals surface area contributed by atoms with Gasteiger partial charge in [0.05, 0.1) is 6.26 Å². The highest BCUT2D eigenvalue weighted by Gasteiger charge is 2.00. The lowest BCUT2D eigenvalue weighted by molar-refractivity contribution is 0.476. The summed E-state index contributed by atoms with van der Waals surface area (Å²) < 4.78 is 5.16. The highest BCUT2D eigenvalue weighted by molar-refractivity contribution is 5.85. The number of phenols is 1. The molecule has 56 valence electrons. The lowest BCUT2D eigenvalue weighted by Gasteiger charge is -1.90. The van der Waals surface area contributed by atoms with Gasteiger partial charge in [-0.15, -0.1) is 0 Å². The maximum atomic E-state index is 9.10. The number of hydrogen-bond acceptors (Lipinski definition) is 2. The van der Waals surface area contributed by atoms with E-state index in [1.54, 1.807) is 18.4 Å². The topological polar surface area (TPSA) is 33.4 Å². The van der Waals surface area contributed by atoms with Gasteiger partial charge in [-0.3, -0.25) is 0 Å². The molecule has 1 aromatic heterocycles. The van der Waals surface area contributed by atoms with Crippen molar-refractivity contribution in [3.63, 3.8) is 0 Å². The number of benzene rings is 1. The van der Waals surface area contributed by atoms with Crippen LogP contribution in [-0.4, -0.2) is 5.11 Å². The van der Waals surface area contributed by atoms with Crippen LogP contribution in [0.2, 0.25) is 0 Å². The first-order valence-corrected chi connectivity index (χ1v) is 3.44. The Balaban J connectivity index is 2.86. The van der Waals surface area contributed by atoms with E-state index in [9.17, 15) is 0 Å². The summed E-state index contributed by atoms with van der Waals surface area (Å²) >= 11 is 0. The molecule has 1 aromatic carbocycles. The lowest BCUT2D eigenvalue weighted by Crippen LogP contribution is -1.66. The summed E-state index contributed by atoms with van der Waals surface area (Å²) in [7, 11) is 0. The Morgan fingerprint density at radius 2 is 2.18 bits per heavy atom. The van der Waals surface area contributed by atoms with Crippen molar-refractivity contribution in [2.24, 2.45) is 0 Å². The van der Waals surface area contributed by atoms with Crippen LogP contribution in [0.3, 0.4) is 0 Å². The molecule has 2 aromatic rings. The van der Waals surface area contributed by atoms with E-state index in [0.717, 1.165) is 16.5 Å². The molecule has 0 radical (unpaired) electrons. The normalized spacial score (nSPS) is 10.6. The molecule has 0 saturated carbocycles. The second-order valence-electron chi connectivity index (χ2n) is 2.56. The number of aryl methyl sites for hydroxylation is 1. The van der Waals surface area contributed by atoms with Crippen LogP contribution in [0.4, 0.5) is 0 Å². The van der Waals surface area contributed by atoms with Gasteiger partial charge in [0.2, 0.25) is 0 Å². The van der Waals surface area contributed by atoms with Crippen molar-refractivity contribution < 1.29 is 9.52 Å². The standard InChI is InChI=1S/C9H8O2/c1-6-9-3-2-8(10)4-7(9)5-11-6/h2-5,10H,1H3. The van der Waals surface area contributed by atoms with Gasteiger partial charge in [0.25, 0.3) is 0 Å². The Morgan fingerprint density at radius 1 is 1.36 bits per heavy atom. The molecule has 0 unspecified atom stereocenters. The molecule has 0 fully saturated rings. The number of phenolic OH excluding ortho intramolecular Hbond substituents is 1. The van der Waals surface area contributed by atoms with Crippen molar-refractivity contribution >= 4 is 10.8 Å². The summed E-state index contributed by atoms with van der Waals surface area (Å²) in [6.07, 6.45) is 1.64. The average Bonchev–Trinajstić information content (AvgIpc) is 2.32. The van der Waals surface area contributed by atoms with Crippen LogP contribution in [0.1, 0.15) is 5.76 Å². The largest absolute Gasteiger partial charge is 0.508 e. The molecule has 11 heavy (non-hydrogen) atoms. The number of rotatable bonds is 0. The minimum absolute atomic E-state index is 0.276. The zero-order valence-electron chi connectivity index (χ0n) is 6.16. The third-order valence-corrected chi connectivity index (χ3v) is 1.78. The molecule has 1 N–H and O–H groups in total. The number of aromatic hydroxyl groups is 1. The smallest absolute Gasteiger partial charge is 0.116 e. The quantitative estimate of drug-likeness (QED) is 0.622. The Labute approximate surface area is 64.1 Å². The summed E-state index contributed by atoms with van der Waals surface area (Å²) in [6.45, 7) is 1.90. The molecule has 0 aliphatic carbocycles. The third kappa shape index (κ3) is 0.871. The van der Waals surface area contributed by atoms with Crippen LogP contribution in [0.15, 0.2) is 28.9 Å². The summed E-state index contributed by atoms with van der Waals surface area (Å²) in [6, 6.07) is 5.19. The van der Waals surface area contributed by atoms with Crippen molar-refractivity contribution in [3.05, 3.63) is 30.2 Å². The molecule has 0 aliphatic heterocycles. The van der Waals surface area contributed by atoms with Crippen LogP contribution in [-0.2, 0) is 0 Å². The second kappa shape index (κ2) is 2.02. The number of furan rings is 1. The molecular formula is C9H8O2. The van der Waals surface area contributed by atoms with Crippen molar-refractivity contribution in [1.29, 1.82) is 0 Å². The third-order valence-electron chi connectivity index (χ3n) is 1.78. The molecule has 1 heterocycles. The molecular weight excluding hydrogens is 140 g/mol. The van der Waals surface area contributed by atoms with Crippen LogP contribution >= 0.6 is 0 Å². The van der Waals surface area contributed by atoms with Gasteiger partial charge < -0.3 is 9.52 Å². The fraction of sp³-hybridized carbons (Fsp3) is 0.111. The molecule has 2 heteroatoms. The first-order chi connectivity index (χ1) is 5.27. The first-order valence-electron chi connectivity index (χ1n) is 3.44. The van der Waals surface area contributed by atoms with Crippen molar-refractivity contribution in [1.82, 2.24) is 0 Å². The molecule has 0 bridgehead atoms. The van der Waals surface area contributed by atoms with Crippen LogP contribution in [0, 0.1) is 6.92 Å². The molecule has 0 spiro atoms. The van der Waals surface area contributed by atoms with Gasteiger partial charge in [-0.2, -0.15) is 0 Å². The van der Waals surface area contributed by atoms with Crippen LogP contribution < -0.4 is 0 Å². The van der Waals surface area contributed by atoms with Gasteiger partial charge in [-0.05, 0) is 25.1 Å². The first kappa shape index (κ1) is 6.28. The number of fused-ring (bicyclic) bond motifs is 1. The summed E-state index contributed by atoms with van der Waals surface area (Å²) in [5.41, 5.74) is 0. The van der Waals surface area contributed by atoms with Gasteiger partial charge in [0.1, 0.15) is 11.5 Å². The Bertz CT molecular complexity index is 387. The van der Waals surface area contributed by atoms with Gasteiger partial charge in [-0.1, -0.05) is 0 Å². The van der Waals surface area contributed by atoms with Crippen molar-refractivity contribution in [2.75, 3.05) is 0 Å². The SMILES string of the molecule is Cc1occ2cc(O)ccc12. The van der Waals surface area contributed by atoms with Crippen LogP contribution in [0.5, 0.6) is 5.75 Å². The summed E-state index contributed by atoms with van der Waals surface area (Å²) in [4.78, 5) is 0. The molecule has 0 amide bonds. The van der Waals surface area contributed by atoms with E-state index in [1.165, 1.54) is 0 Å². The van der Waals surface area contributed by atoms with E-state index in [4.69, 9.17) is 9.52 Å². The fourth-order valence-corrected chi connectivity index (χ4v) is 1.18. The molecule has 2 rings (SSSR count). The highest BCUT2D eigenvalue weighted by atomic mass is 16.3. The predicted octanol–water partition coefficient (Wildman–Crippen LogP) is 2.45. The minimum Gasteiger partial charge on any atom is -0.508 e. The van der Waals surface area contributed by atoms with E-state index in [-0.39, 0.29) is 5.75 Å². The second-order valence-corrected chi connectivity index (χ2v) is 2.56. The minimum atomic E-state index is 0.276. The lowest BCUT2D eigenvalue weighted by atomic mass is 10.2. The van der Waals surface area contributed by atoms with Gasteiger partial charge >= 0.3 is 0 Å². The molecule has 0 saturated heterocycles. The maximum absolute atomic E-state index is 9.10. The highest BCUT2D eigenvalue weighted by Crippen LogP contribution is 2.23.